The molecule has 9 heteroatoms. The summed E-state index contributed by atoms with van der Waals surface area (Å²) in [6.45, 7) is 2.79. The van der Waals surface area contributed by atoms with Gasteiger partial charge in [-0.25, -0.2) is 4.98 Å². The molecule has 0 atom stereocenters. The Balaban J connectivity index is 1.47. The van der Waals surface area contributed by atoms with Crippen molar-refractivity contribution in [3.63, 3.8) is 0 Å². The van der Waals surface area contributed by atoms with Crippen molar-refractivity contribution in [2.75, 3.05) is 11.9 Å². The molecule has 26 heavy (non-hydrogen) atoms. The van der Waals surface area contributed by atoms with Crippen LogP contribution >= 0.6 is 11.3 Å². The summed E-state index contributed by atoms with van der Waals surface area (Å²) >= 11 is 1.37. The van der Waals surface area contributed by atoms with E-state index in [0.29, 0.717) is 36.0 Å². The first-order chi connectivity index (χ1) is 12.6. The number of aromatic nitrogens is 3. The Kier molecular flexibility index (Phi) is 4.21. The van der Waals surface area contributed by atoms with E-state index in [9.17, 15) is 9.59 Å². The van der Waals surface area contributed by atoms with E-state index in [1.165, 1.54) is 11.3 Å². The zero-order valence-corrected chi connectivity index (χ0v) is 14.7. The molecule has 0 aromatic carbocycles. The molecule has 0 saturated carbocycles. The van der Waals surface area contributed by atoms with E-state index in [4.69, 9.17) is 4.52 Å². The van der Waals surface area contributed by atoms with Crippen LogP contribution in [0.2, 0.25) is 0 Å². The van der Waals surface area contributed by atoms with Gasteiger partial charge in [0.15, 0.2) is 10.8 Å². The molecule has 0 saturated heterocycles. The van der Waals surface area contributed by atoms with Crippen molar-refractivity contribution in [3.05, 3.63) is 58.2 Å². The van der Waals surface area contributed by atoms with Crippen LogP contribution in [0, 0.1) is 6.92 Å². The molecule has 4 rings (SSSR count). The van der Waals surface area contributed by atoms with Crippen LogP contribution in [0.4, 0.5) is 5.13 Å². The molecule has 3 aromatic rings. The molecule has 0 spiro atoms. The fourth-order valence-electron chi connectivity index (χ4n) is 2.73. The molecule has 1 aliphatic heterocycles. The van der Waals surface area contributed by atoms with Crippen LogP contribution in [0.1, 0.15) is 37.2 Å². The minimum absolute atomic E-state index is 0.0323. The number of nitrogens with zero attached hydrogens (tertiary/aromatic N) is 4. The number of nitrogens with one attached hydrogen (secondary N) is 1. The van der Waals surface area contributed by atoms with Crippen LogP contribution in [0.5, 0.6) is 0 Å². The van der Waals surface area contributed by atoms with Gasteiger partial charge >= 0.3 is 0 Å². The number of pyridine rings is 1. The second kappa shape index (κ2) is 6.68. The Morgan fingerprint density at radius 1 is 1.31 bits per heavy atom. The molecule has 0 bridgehead atoms. The van der Waals surface area contributed by atoms with Crippen LogP contribution in [0.15, 0.2) is 35.1 Å². The van der Waals surface area contributed by atoms with Crippen molar-refractivity contribution < 1.29 is 14.1 Å². The predicted octanol–water partition coefficient (Wildman–Crippen LogP) is 2.29. The van der Waals surface area contributed by atoms with E-state index in [2.05, 4.69) is 20.4 Å². The van der Waals surface area contributed by atoms with Gasteiger partial charge in [-0.05, 0) is 19.1 Å². The molecular weight excluding hydrogens is 354 g/mol. The van der Waals surface area contributed by atoms with Crippen molar-refractivity contribution in [2.24, 2.45) is 0 Å². The van der Waals surface area contributed by atoms with Gasteiger partial charge in [-0.1, -0.05) is 16.5 Å². The molecule has 0 aliphatic carbocycles. The van der Waals surface area contributed by atoms with Gasteiger partial charge in [0.25, 0.3) is 11.8 Å². The van der Waals surface area contributed by atoms with Gasteiger partial charge in [0.2, 0.25) is 0 Å². The summed E-state index contributed by atoms with van der Waals surface area (Å²) in [5, 5.41) is 6.93. The third-order valence-electron chi connectivity index (χ3n) is 4.03. The zero-order chi connectivity index (χ0) is 18.1. The predicted molar refractivity (Wildman–Crippen MR) is 94.0 cm³/mol. The van der Waals surface area contributed by atoms with E-state index in [-0.39, 0.29) is 17.5 Å². The highest BCUT2D eigenvalue weighted by atomic mass is 32.1. The Bertz CT molecular complexity index is 966. The van der Waals surface area contributed by atoms with E-state index < -0.39 is 0 Å². The van der Waals surface area contributed by atoms with Gasteiger partial charge in [0.05, 0.1) is 12.2 Å². The highest BCUT2D eigenvalue weighted by Gasteiger charge is 2.25. The van der Waals surface area contributed by atoms with E-state index in [0.717, 1.165) is 10.6 Å². The Morgan fingerprint density at radius 2 is 2.12 bits per heavy atom. The largest absolute Gasteiger partial charge is 0.361 e. The number of amides is 2. The lowest BCUT2D eigenvalue weighted by Crippen LogP contribution is -2.35. The van der Waals surface area contributed by atoms with Crippen molar-refractivity contribution in [1.29, 1.82) is 0 Å². The molecular formula is C17H15N5O3S. The average Bonchev–Trinajstić information content (AvgIpc) is 3.26. The Labute approximate surface area is 152 Å². The summed E-state index contributed by atoms with van der Waals surface area (Å²) in [7, 11) is 0. The number of carbonyl (C=O) groups is 2. The van der Waals surface area contributed by atoms with Gasteiger partial charge in [-0.2, -0.15) is 0 Å². The third kappa shape index (κ3) is 3.21. The van der Waals surface area contributed by atoms with Crippen molar-refractivity contribution in [2.45, 2.75) is 19.9 Å². The van der Waals surface area contributed by atoms with Crippen LogP contribution < -0.4 is 5.32 Å². The minimum atomic E-state index is -0.363. The van der Waals surface area contributed by atoms with Gasteiger partial charge in [0, 0.05) is 41.9 Å². The van der Waals surface area contributed by atoms with Gasteiger partial charge in [0.1, 0.15) is 5.76 Å². The molecule has 8 nitrogen and oxygen atoms in total. The Hall–Kier alpha value is -3.07. The summed E-state index contributed by atoms with van der Waals surface area (Å²) in [4.78, 5) is 35.9. The van der Waals surface area contributed by atoms with Gasteiger partial charge < -0.3 is 9.42 Å². The standard InChI is InChI=1S/C17H15N5O3S/c1-10-8-13(21-25-10)15(23)20-17-19-12-4-7-22(9-14(12)26-17)16(24)11-2-5-18-6-3-11/h2-3,5-6,8H,4,7,9H2,1H3,(H,19,20,23). The first kappa shape index (κ1) is 16.4. The molecule has 132 valence electrons. The molecule has 4 heterocycles. The number of rotatable bonds is 3. The molecule has 1 N–H and O–H groups in total. The van der Waals surface area contributed by atoms with Crippen LogP contribution in [-0.4, -0.2) is 38.4 Å². The second-order valence-corrected chi connectivity index (χ2v) is 6.96. The summed E-state index contributed by atoms with van der Waals surface area (Å²) in [5.41, 5.74) is 1.74. The van der Waals surface area contributed by atoms with Crippen molar-refractivity contribution in [3.8, 4) is 0 Å². The average molecular weight is 369 g/mol. The summed E-state index contributed by atoms with van der Waals surface area (Å²) in [5.74, 6) is 0.173. The van der Waals surface area contributed by atoms with Crippen LogP contribution in [-0.2, 0) is 13.0 Å². The molecule has 0 fully saturated rings. The van der Waals surface area contributed by atoms with Gasteiger partial charge in [-0.3, -0.25) is 19.9 Å². The SMILES string of the molecule is Cc1cc(C(=O)Nc2nc3c(s2)CN(C(=O)c2ccncc2)CC3)no1. The molecule has 0 unspecified atom stereocenters. The number of anilines is 1. The maximum absolute atomic E-state index is 12.6. The lowest BCUT2D eigenvalue weighted by Gasteiger charge is -2.26. The van der Waals surface area contributed by atoms with Crippen molar-refractivity contribution >= 4 is 28.3 Å². The maximum Gasteiger partial charge on any atom is 0.279 e. The van der Waals surface area contributed by atoms with E-state index >= 15 is 0 Å². The summed E-state index contributed by atoms with van der Waals surface area (Å²) in [6, 6.07) is 4.98. The first-order valence-electron chi connectivity index (χ1n) is 8.02. The lowest BCUT2D eigenvalue weighted by atomic mass is 10.1. The second-order valence-electron chi connectivity index (χ2n) is 5.88. The normalized spacial score (nSPS) is 13.3. The highest BCUT2D eigenvalue weighted by Crippen LogP contribution is 2.29. The fourth-order valence-corrected chi connectivity index (χ4v) is 3.75. The molecule has 0 radical (unpaired) electrons. The van der Waals surface area contributed by atoms with Crippen molar-refractivity contribution in [1.82, 2.24) is 20.0 Å². The monoisotopic (exact) mass is 369 g/mol. The number of hydrogen-bond acceptors (Lipinski definition) is 7. The summed E-state index contributed by atoms with van der Waals surface area (Å²) < 4.78 is 4.91. The molecule has 3 aromatic heterocycles. The quantitative estimate of drug-likeness (QED) is 0.760. The lowest BCUT2D eigenvalue weighted by molar-refractivity contribution is 0.0736. The zero-order valence-electron chi connectivity index (χ0n) is 13.9. The van der Waals surface area contributed by atoms with Crippen LogP contribution in [0.25, 0.3) is 0 Å². The number of fused-ring (bicyclic) bond motifs is 1. The molecule has 1 aliphatic rings. The number of carbonyl (C=O) groups excluding carboxylic acids is 2. The third-order valence-corrected chi connectivity index (χ3v) is 5.02. The highest BCUT2D eigenvalue weighted by molar-refractivity contribution is 7.15. The number of aryl methyl sites for hydroxylation is 1. The molecule has 2 amide bonds. The first-order valence-corrected chi connectivity index (χ1v) is 8.84. The topological polar surface area (TPSA) is 101 Å². The van der Waals surface area contributed by atoms with Crippen LogP contribution in [0.3, 0.4) is 0 Å². The minimum Gasteiger partial charge on any atom is -0.361 e. The van der Waals surface area contributed by atoms with E-state index in [1.807, 2.05) is 0 Å². The number of thiazole rings is 1. The Morgan fingerprint density at radius 3 is 2.85 bits per heavy atom. The van der Waals surface area contributed by atoms with E-state index in [1.54, 1.807) is 42.4 Å². The number of hydrogen-bond donors (Lipinski definition) is 1. The van der Waals surface area contributed by atoms with Gasteiger partial charge in [-0.15, -0.1) is 0 Å². The fraction of sp³-hybridized carbons (Fsp3) is 0.235. The maximum atomic E-state index is 12.6. The smallest absolute Gasteiger partial charge is 0.279 e. The summed E-state index contributed by atoms with van der Waals surface area (Å²) in [6.07, 6.45) is 3.87.